The summed E-state index contributed by atoms with van der Waals surface area (Å²) in [4.78, 5) is 0.327. The van der Waals surface area contributed by atoms with E-state index in [-0.39, 0.29) is 5.75 Å². The van der Waals surface area contributed by atoms with Crippen LogP contribution in [0.5, 0.6) is 0 Å². The summed E-state index contributed by atoms with van der Waals surface area (Å²) in [5.41, 5.74) is 6.40. The van der Waals surface area contributed by atoms with Gasteiger partial charge in [0.15, 0.2) is 15.0 Å². The van der Waals surface area contributed by atoms with Crippen molar-refractivity contribution in [2.75, 3.05) is 11.5 Å². The van der Waals surface area contributed by atoms with Crippen LogP contribution in [0.25, 0.3) is 0 Å². The van der Waals surface area contributed by atoms with Gasteiger partial charge in [-0.25, -0.2) is 8.42 Å². The van der Waals surface area contributed by atoms with E-state index in [0.29, 0.717) is 22.3 Å². The number of rotatable bonds is 6. The van der Waals surface area contributed by atoms with Crippen LogP contribution in [-0.4, -0.2) is 34.7 Å². The average Bonchev–Trinajstić information content (AvgIpc) is 2.84. The summed E-state index contributed by atoms with van der Waals surface area (Å²) in [5, 5.41) is 8.35. The van der Waals surface area contributed by atoms with Crippen LogP contribution in [-0.2, 0) is 23.4 Å². The Morgan fingerprint density at radius 1 is 1.30 bits per heavy atom. The second-order valence-electron chi connectivity index (χ2n) is 4.24. The zero-order valence-electron chi connectivity index (χ0n) is 11.1. The number of aromatic nitrogens is 3. The maximum absolute atomic E-state index is 12.2. The highest BCUT2D eigenvalue weighted by molar-refractivity contribution is 8.00. The number of thioether (sulfide) groups is 1. The fourth-order valence-electron chi connectivity index (χ4n) is 1.60. The first kappa shape index (κ1) is 15.0. The largest absolute Gasteiger partial charge is 0.326 e. The molecule has 0 amide bonds. The van der Waals surface area contributed by atoms with E-state index < -0.39 is 9.84 Å². The highest BCUT2D eigenvalue weighted by atomic mass is 32.2. The minimum absolute atomic E-state index is 0.0620. The molecule has 0 aliphatic carbocycles. The zero-order valence-corrected chi connectivity index (χ0v) is 12.7. The number of nitrogens with two attached hydrogens (primary N) is 1. The van der Waals surface area contributed by atoms with Gasteiger partial charge in [0, 0.05) is 19.3 Å². The minimum Gasteiger partial charge on any atom is -0.326 e. The molecule has 0 saturated heterocycles. The molecule has 2 rings (SSSR count). The second kappa shape index (κ2) is 6.38. The van der Waals surface area contributed by atoms with Crippen molar-refractivity contribution < 1.29 is 8.42 Å². The van der Waals surface area contributed by atoms with Crippen LogP contribution in [0.15, 0.2) is 40.6 Å². The number of nitrogens with zero attached hydrogens (tertiary/aromatic N) is 3. The molecular weight excluding hydrogens is 296 g/mol. The van der Waals surface area contributed by atoms with Gasteiger partial charge in [0.25, 0.3) is 0 Å². The van der Waals surface area contributed by atoms with Gasteiger partial charge < -0.3 is 10.3 Å². The maximum atomic E-state index is 12.2. The molecule has 1 aromatic carbocycles. The molecule has 8 heteroatoms. The number of hydrogen-bond acceptors (Lipinski definition) is 6. The van der Waals surface area contributed by atoms with Crippen molar-refractivity contribution in [2.24, 2.45) is 12.8 Å². The lowest BCUT2D eigenvalue weighted by Gasteiger charge is -2.05. The lowest BCUT2D eigenvalue weighted by atomic mass is 10.2. The lowest BCUT2D eigenvalue weighted by Crippen LogP contribution is -2.09. The van der Waals surface area contributed by atoms with Gasteiger partial charge in [-0.15, -0.1) is 10.2 Å². The predicted molar refractivity (Wildman–Crippen MR) is 78.1 cm³/mol. The van der Waals surface area contributed by atoms with Gasteiger partial charge in [0.1, 0.15) is 6.33 Å². The molecule has 108 valence electrons. The molecule has 0 fully saturated rings. The third-order valence-electron chi connectivity index (χ3n) is 2.77. The Morgan fingerprint density at radius 3 is 2.55 bits per heavy atom. The SMILES string of the molecule is Cn1cnnc1SCCS(=O)(=O)c1ccc(CN)cc1. The topological polar surface area (TPSA) is 90.9 Å². The van der Waals surface area contributed by atoms with E-state index >= 15 is 0 Å². The Hall–Kier alpha value is -1.38. The fourth-order valence-corrected chi connectivity index (χ4v) is 4.13. The summed E-state index contributed by atoms with van der Waals surface area (Å²) >= 11 is 1.37. The van der Waals surface area contributed by atoms with E-state index in [4.69, 9.17) is 5.73 Å². The molecule has 0 atom stereocenters. The van der Waals surface area contributed by atoms with Crippen molar-refractivity contribution in [2.45, 2.75) is 16.6 Å². The summed E-state index contributed by atoms with van der Waals surface area (Å²) < 4.78 is 26.1. The molecule has 2 N–H and O–H groups in total. The van der Waals surface area contributed by atoms with Crippen LogP contribution in [0.4, 0.5) is 0 Å². The van der Waals surface area contributed by atoms with Crippen LogP contribution in [0.2, 0.25) is 0 Å². The zero-order chi connectivity index (χ0) is 14.6. The molecule has 2 aromatic rings. The van der Waals surface area contributed by atoms with Crippen LogP contribution < -0.4 is 5.73 Å². The molecule has 0 aliphatic rings. The Labute approximate surface area is 122 Å². The molecule has 0 unspecified atom stereocenters. The molecule has 1 aromatic heterocycles. The smallest absolute Gasteiger partial charge is 0.190 e. The first-order valence-corrected chi connectivity index (χ1v) is 8.65. The lowest BCUT2D eigenvalue weighted by molar-refractivity contribution is 0.597. The van der Waals surface area contributed by atoms with Crippen LogP contribution in [0.1, 0.15) is 5.56 Å². The third-order valence-corrected chi connectivity index (χ3v) is 5.80. The van der Waals surface area contributed by atoms with Gasteiger partial charge in [-0.2, -0.15) is 0 Å². The van der Waals surface area contributed by atoms with Gasteiger partial charge in [-0.3, -0.25) is 0 Å². The summed E-state index contributed by atoms with van der Waals surface area (Å²) in [6.45, 7) is 0.405. The molecule has 1 heterocycles. The quantitative estimate of drug-likeness (QED) is 0.795. The number of hydrogen-bond donors (Lipinski definition) is 1. The average molecular weight is 312 g/mol. The Bertz CT molecular complexity index is 665. The summed E-state index contributed by atoms with van der Waals surface area (Å²) in [5.74, 6) is 0.500. The van der Waals surface area contributed by atoms with E-state index in [1.165, 1.54) is 11.8 Å². The fraction of sp³-hybridized carbons (Fsp3) is 0.333. The highest BCUT2D eigenvalue weighted by Gasteiger charge is 2.14. The van der Waals surface area contributed by atoms with Crippen molar-refractivity contribution in [3.05, 3.63) is 36.2 Å². The summed E-state index contributed by atoms with van der Waals surface area (Å²) in [7, 11) is -1.45. The predicted octanol–water partition coefficient (Wildman–Crippen LogP) is 0.840. The van der Waals surface area contributed by atoms with Crippen molar-refractivity contribution in [1.82, 2.24) is 14.8 Å². The molecule has 0 spiro atoms. The molecule has 6 nitrogen and oxygen atoms in total. The third kappa shape index (κ3) is 3.59. The van der Waals surface area contributed by atoms with Gasteiger partial charge in [-0.1, -0.05) is 23.9 Å². The van der Waals surface area contributed by atoms with E-state index in [1.54, 1.807) is 35.2 Å². The molecule has 0 bridgehead atoms. The van der Waals surface area contributed by atoms with Gasteiger partial charge in [0.05, 0.1) is 10.6 Å². The van der Waals surface area contributed by atoms with Crippen LogP contribution in [0.3, 0.4) is 0 Å². The molecule has 0 saturated carbocycles. The van der Waals surface area contributed by atoms with E-state index in [2.05, 4.69) is 10.2 Å². The van der Waals surface area contributed by atoms with Crippen molar-refractivity contribution in [3.63, 3.8) is 0 Å². The van der Waals surface area contributed by atoms with Gasteiger partial charge in [0.2, 0.25) is 0 Å². The highest BCUT2D eigenvalue weighted by Crippen LogP contribution is 2.17. The molecule has 20 heavy (non-hydrogen) atoms. The monoisotopic (exact) mass is 312 g/mol. The Balaban J connectivity index is 1.98. The van der Waals surface area contributed by atoms with Crippen LogP contribution >= 0.6 is 11.8 Å². The van der Waals surface area contributed by atoms with E-state index in [0.717, 1.165) is 5.56 Å². The molecule has 0 aliphatic heterocycles. The summed E-state index contributed by atoms with van der Waals surface area (Å²) in [6, 6.07) is 6.68. The minimum atomic E-state index is -3.27. The van der Waals surface area contributed by atoms with E-state index in [1.807, 2.05) is 7.05 Å². The first-order chi connectivity index (χ1) is 9.53. The summed E-state index contributed by atoms with van der Waals surface area (Å²) in [6.07, 6.45) is 1.59. The van der Waals surface area contributed by atoms with Crippen molar-refractivity contribution in [3.8, 4) is 0 Å². The van der Waals surface area contributed by atoms with E-state index in [9.17, 15) is 8.42 Å². The van der Waals surface area contributed by atoms with Crippen molar-refractivity contribution >= 4 is 21.6 Å². The standard InChI is InChI=1S/C12H16N4O2S2/c1-16-9-14-15-12(16)19-6-7-20(17,18)11-4-2-10(8-13)3-5-11/h2-5,9H,6-8,13H2,1H3. The number of sulfone groups is 1. The number of benzene rings is 1. The first-order valence-electron chi connectivity index (χ1n) is 6.01. The Morgan fingerprint density at radius 2 is 2.00 bits per heavy atom. The van der Waals surface area contributed by atoms with Gasteiger partial charge >= 0.3 is 0 Å². The maximum Gasteiger partial charge on any atom is 0.190 e. The number of aryl methyl sites for hydroxylation is 1. The Kier molecular flexibility index (Phi) is 4.79. The molecule has 0 radical (unpaired) electrons. The second-order valence-corrected chi connectivity index (χ2v) is 7.41. The van der Waals surface area contributed by atoms with Gasteiger partial charge in [-0.05, 0) is 17.7 Å². The van der Waals surface area contributed by atoms with Crippen molar-refractivity contribution in [1.29, 1.82) is 0 Å². The molecular formula is C12H16N4O2S2. The van der Waals surface area contributed by atoms with Crippen LogP contribution in [0, 0.1) is 0 Å². The normalized spacial score (nSPS) is 11.7.